The van der Waals surface area contributed by atoms with Gasteiger partial charge < -0.3 is 5.73 Å². The van der Waals surface area contributed by atoms with Crippen molar-refractivity contribution in [3.63, 3.8) is 0 Å². The molecule has 80 valence electrons. The lowest BCUT2D eigenvalue weighted by Crippen LogP contribution is -1.99. The van der Waals surface area contributed by atoms with Crippen molar-refractivity contribution < 1.29 is 0 Å². The molecule has 0 spiro atoms. The number of benzene rings is 1. The van der Waals surface area contributed by atoms with Crippen molar-refractivity contribution >= 4 is 21.7 Å². The van der Waals surface area contributed by atoms with Gasteiger partial charge in [-0.1, -0.05) is 15.9 Å². The van der Waals surface area contributed by atoms with E-state index >= 15 is 0 Å². The Labute approximate surface area is 101 Å². The van der Waals surface area contributed by atoms with Gasteiger partial charge in [0.1, 0.15) is 11.9 Å². The smallest absolute Gasteiger partial charge is 0.148 e. The summed E-state index contributed by atoms with van der Waals surface area (Å²) in [6, 6.07) is 7.58. The van der Waals surface area contributed by atoms with Crippen LogP contribution in [0.4, 0.5) is 5.82 Å². The first-order chi connectivity index (χ1) is 7.61. The maximum absolute atomic E-state index is 9.04. The molecule has 0 aliphatic heterocycles. The van der Waals surface area contributed by atoms with Crippen LogP contribution in [0, 0.1) is 18.3 Å². The third-order valence-corrected chi connectivity index (χ3v) is 2.75. The highest BCUT2D eigenvalue weighted by molar-refractivity contribution is 9.10. The molecule has 0 aliphatic carbocycles. The first kappa shape index (κ1) is 10.7. The van der Waals surface area contributed by atoms with E-state index in [2.05, 4.69) is 27.1 Å². The highest BCUT2D eigenvalue weighted by Crippen LogP contribution is 2.20. The summed E-state index contributed by atoms with van der Waals surface area (Å²) >= 11 is 3.32. The van der Waals surface area contributed by atoms with Gasteiger partial charge in [-0.3, -0.25) is 0 Å². The van der Waals surface area contributed by atoms with E-state index in [1.807, 2.05) is 19.1 Å². The van der Waals surface area contributed by atoms with Gasteiger partial charge in [0.05, 0.1) is 11.3 Å². The fourth-order valence-corrected chi connectivity index (χ4v) is 1.76. The summed E-state index contributed by atoms with van der Waals surface area (Å²) in [4.78, 5) is 0. The predicted molar refractivity (Wildman–Crippen MR) is 65.1 cm³/mol. The summed E-state index contributed by atoms with van der Waals surface area (Å²) in [5, 5.41) is 13.2. The minimum atomic E-state index is 0.479. The van der Waals surface area contributed by atoms with Gasteiger partial charge in [-0.25, -0.2) is 4.68 Å². The number of anilines is 1. The molecule has 1 heterocycles. The third kappa shape index (κ3) is 1.79. The molecule has 0 amide bonds. The van der Waals surface area contributed by atoms with Crippen molar-refractivity contribution in [1.29, 1.82) is 5.26 Å². The topological polar surface area (TPSA) is 67.6 Å². The summed E-state index contributed by atoms with van der Waals surface area (Å²) in [6.45, 7) is 1.88. The number of nitrogens with zero attached hydrogens (tertiary/aromatic N) is 3. The van der Waals surface area contributed by atoms with Gasteiger partial charge in [-0.05, 0) is 25.1 Å². The standard InChI is InChI=1S/C11H9BrN4/c1-7-6-16(15-11(7)14)10-3-2-9(12)4-8(10)5-13/h2-4,6H,1H3,(H2,14,15). The molecule has 0 unspecified atom stereocenters. The number of aromatic nitrogens is 2. The molecule has 16 heavy (non-hydrogen) atoms. The van der Waals surface area contributed by atoms with E-state index in [1.54, 1.807) is 16.9 Å². The van der Waals surface area contributed by atoms with E-state index in [9.17, 15) is 0 Å². The first-order valence-electron chi connectivity index (χ1n) is 4.63. The second-order valence-electron chi connectivity index (χ2n) is 3.42. The quantitative estimate of drug-likeness (QED) is 0.870. The summed E-state index contributed by atoms with van der Waals surface area (Å²) in [7, 11) is 0. The van der Waals surface area contributed by atoms with Crippen molar-refractivity contribution in [2.45, 2.75) is 6.92 Å². The van der Waals surface area contributed by atoms with E-state index < -0.39 is 0 Å². The second-order valence-corrected chi connectivity index (χ2v) is 4.33. The van der Waals surface area contributed by atoms with Gasteiger partial charge in [-0.15, -0.1) is 0 Å². The van der Waals surface area contributed by atoms with Crippen LogP contribution in [-0.2, 0) is 0 Å². The molecule has 2 N–H and O–H groups in total. The minimum absolute atomic E-state index is 0.479. The maximum atomic E-state index is 9.04. The highest BCUT2D eigenvalue weighted by atomic mass is 79.9. The van der Waals surface area contributed by atoms with Crippen LogP contribution >= 0.6 is 15.9 Å². The number of nitriles is 1. The van der Waals surface area contributed by atoms with E-state index in [4.69, 9.17) is 11.0 Å². The summed E-state index contributed by atoms with van der Waals surface area (Å²) in [5.41, 5.74) is 7.85. The lowest BCUT2D eigenvalue weighted by molar-refractivity contribution is 0.882. The molecule has 0 atom stereocenters. The van der Waals surface area contributed by atoms with Crippen LogP contribution in [-0.4, -0.2) is 9.78 Å². The molecule has 0 fully saturated rings. The Bertz CT molecular complexity index is 561. The van der Waals surface area contributed by atoms with Crippen molar-refractivity contribution in [3.05, 3.63) is 40.0 Å². The van der Waals surface area contributed by atoms with Gasteiger partial charge in [0.25, 0.3) is 0 Å². The van der Waals surface area contributed by atoms with Crippen LogP contribution in [0.5, 0.6) is 0 Å². The van der Waals surface area contributed by atoms with Gasteiger partial charge >= 0.3 is 0 Å². The molecule has 5 heteroatoms. The number of hydrogen-bond donors (Lipinski definition) is 1. The molecule has 0 saturated carbocycles. The van der Waals surface area contributed by atoms with Gasteiger partial charge in [-0.2, -0.15) is 10.4 Å². The Morgan fingerprint density at radius 3 is 2.81 bits per heavy atom. The fraction of sp³-hybridized carbons (Fsp3) is 0.0909. The molecule has 0 radical (unpaired) electrons. The second kappa shape index (κ2) is 3.99. The largest absolute Gasteiger partial charge is 0.382 e. The molecule has 2 aromatic rings. The molecule has 0 aliphatic rings. The molecule has 4 nitrogen and oxygen atoms in total. The van der Waals surface area contributed by atoms with E-state index in [0.717, 1.165) is 15.7 Å². The van der Waals surface area contributed by atoms with Crippen LogP contribution in [0.2, 0.25) is 0 Å². The van der Waals surface area contributed by atoms with Crippen LogP contribution in [0.15, 0.2) is 28.9 Å². The Hall–Kier alpha value is -1.80. The summed E-state index contributed by atoms with van der Waals surface area (Å²) < 4.78 is 2.49. The number of nitrogen functional groups attached to an aromatic ring is 1. The van der Waals surface area contributed by atoms with Crippen LogP contribution in [0.1, 0.15) is 11.1 Å². The molecular weight excluding hydrogens is 268 g/mol. The Morgan fingerprint density at radius 1 is 1.50 bits per heavy atom. The van der Waals surface area contributed by atoms with Crippen LogP contribution in [0.25, 0.3) is 5.69 Å². The zero-order chi connectivity index (χ0) is 11.7. The summed E-state index contributed by atoms with van der Waals surface area (Å²) in [6.07, 6.45) is 1.80. The number of aryl methyl sites for hydroxylation is 1. The maximum Gasteiger partial charge on any atom is 0.148 e. The molecule has 2 rings (SSSR count). The predicted octanol–water partition coefficient (Wildman–Crippen LogP) is 2.40. The third-order valence-electron chi connectivity index (χ3n) is 2.26. The Balaban J connectivity index is 2.60. The number of halogens is 1. The molecular formula is C11H9BrN4. The lowest BCUT2D eigenvalue weighted by atomic mass is 10.2. The van der Waals surface area contributed by atoms with Crippen LogP contribution in [0.3, 0.4) is 0 Å². The summed E-state index contributed by atoms with van der Waals surface area (Å²) in [5.74, 6) is 0.479. The number of rotatable bonds is 1. The minimum Gasteiger partial charge on any atom is -0.382 e. The monoisotopic (exact) mass is 276 g/mol. The number of hydrogen-bond acceptors (Lipinski definition) is 3. The molecule has 1 aromatic carbocycles. The molecule has 0 saturated heterocycles. The van der Waals surface area contributed by atoms with Crippen molar-refractivity contribution in [1.82, 2.24) is 9.78 Å². The number of nitrogens with two attached hydrogens (primary N) is 1. The average molecular weight is 277 g/mol. The van der Waals surface area contributed by atoms with Gasteiger partial charge in [0, 0.05) is 16.2 Å². The van der Waals surface area contributed by atoms with Crippen molar-refractivity contribution in [2.24, 2.45) is 0 Å². The average Bonchev–Trinajstić information content (AvgIpc) is 2.59. The first-order valence-corrected chi connectivity index (χ1v) is 5.43. The molecule has 1 aromatic heterocycles. The molecule has 0 bridgehead atoms. The fourth-order valence-electron chi connectivity index (χ4n) is 1.39. The van der Waals surface area contributed by atoms with E-state index in [-0.39, 0.29) is 0 Å². The zero-order valence-electron chi connectivity index (χ0n) is 8.61. The van der Waals surface area contributed by atoms with Gasteiger partial charge in [0.2, 0.25) is 0 Å². The SMILES string of the molecule is Cc1cn(-c2ccc(Br)cc2C#N)nc1N. The Kier molecular flexibility index (Phi) is 2.67. The van der Waals surface area contributed by atoms with Crippen molar-refractivity contribution in [3.8, 4) is 11.8 Å². The van der Waals surface area contributed by atoms with Crippen LogP contribution < -0.4 is 5.73 Å². The normalized spacial score (nSPS) is 10.1. The van der Waals surface area contributed by atoms with Crippen molar-refractivity contribution in [2.75, 3.05) is 5.73 Å². The van der Waals surface area contributed by atoms with E-state index in [0.29, 0.717) is 11.4 Å². The highest BCUT2D eigenvalue weighted by Gasteiger charge is 2.08. The zero-order valence-corrected chi connectivity index (χ0v) is 10.2. The lowest BCUT2D eigenvalue weighted by Gasteiger charge is -2.03. The Morgan fingerprint density at radius 2 is 2.25 bits per heavy atom. The van der Waals surface area contributed by atoms with E-state index in [1.165, 1.54) is 0 Å². The van der Waals surface area contributed by atoms with Gasteiger partial charge in [0.15, 0.2) is 0 Å².